The fourth-order valence-electron chi connectivity index (χ4n) is 16.0. The van der Waals surface area contributed by atoms with Crippen molar-refractivity contribution in [3.63, 3.8) is 0 Å². The first-order valence-corrected chi connectivity index (χ1v) is 27.1. The SMILES string of the molecule is Cc1cc(C)c2c3c1C1c4cc(C(C)(C)C)ccc4N(c4ccc(C(C)(C)C)cc4-c4ccccc4)c4cc(N5c6ccccc6C6(c7ccccc7)CCCCC56C)cc(c41)N3C1(C)CCCCC21C. The molecule has 0 spiro atoms. The maximum absolute atomic E-state index is 2.98. The van der Waals surface area contributed by atoms with Crippen molar-refractivity contribution in [2.75, 3.05) is 14.7 Å². The lowest BCUT2D eigenvalue weighted by atomic mass is 9.57. The predicted molar refractivity (Wildman–Crippen MR) is 300 cm³/mol. The summed E-state index contributed by atoms with van der Waals surface area (Å²) < 4.78 is 0. The van der Waals surface area contributed by atoms with Crippen LogP contribution in [0.15, 0.2) is 140 Å². The van der Waals surface area contributed by atoms with E-state index in [9.17, 15) is 0 Å². The Hall–Kier alpha value is -6.06. The summed E-state index contributed by atoms with van der Waals surface area (Å²) in [6, 6.07) is 55.3. The van der Waals surface area contributed by atoms with Crippen LogP contribution in [-0.2, 0) is 21.7 Å². The van der Waals surface area contributed by atoms with E-state index in [1.165, 1.54) is 140 Å². The molecule has 0 saturated heterocycles. The van der Waals surface area contributed by atoms with E-state index in [0.717, 1.165) is 12.8 Å². The van der Waals surface area contributed by atoms with Crippen molar-refractivity contribution in [3.05, 3.63) is 195 Å². The summed E-state index contributed by atoms with van der Waals surface area (Å²) in [6.07, 6.45) is 9.58. The Bertz CT molecular complexity index is 3330. The summed E-state index contributed by atoms with van der Waals surface area (Å²) >= 11 is 0. The molecule has 0 amide bonds. The molecule has 0 N–H and O–H groups in total. The van der Waals surface area contributed by atoms with Gasteiger partial charge in [0.15, 0.2) is 0 Å². The average molecular weight is 932 g/mol. The molecule has 6 aliphatic rings. The van der Waals surface area contributed by atoms with Crippen LogP contribution in [0.5, 0.6) is 0 Å². The van der Waals surface area contributed by atoms with Gasteiger partial charge in [0.25, 0.3) is 0 Å². The Morgan fingerprint density at radius 1 is 0.493 bits per heavy atom. The van der Waals surface area contributed by atoms with E-state index in [1.54, 1.807) is 5.56 Å². The Labute approximate surface area is 425 Å². The van der Waals surface area contributed by atoms with E-state index in [4.69, 9.17) is 0 Å². The number of benzene rings is 7. The molecule has 7 aromatic carbocycles. The van der Waals surface area contributed by atoms with Crippen molar-refractivity contribution in [2.24, 2.45) is 0 Å². The van der Waals surface area contributed by atoms with Crippen LogP contribution in [0.1, 0.15) is 175 Å². The van der Waals surface area contributed by atoms with Crippen LogP contribution >= 0.6 is 0 Å². The third-order valence-electron chi connectivity index (χ3n) is 19.6. The van der Waals surface area contributed by atoms with Crippen LogP contribution in [-0.4, -0.2) is 11.1 Å². The van der Waals surface area contributed by atoms with Gasteiger partial charge in [0.2, 0.25) is 0 Å². The van der Waals surface area contributed by atoms with Gasteiger partial charge in [0.05, 0.1) is 39.5 Å². The van der Waals surface area contributed by atoms with Gasteiger partial charge in [0, 0.05) is 39.2 Å². The number of hydrogen-bond donors (Lipinski definition) is 0. The summed E-state index contributed by atoms with van der Waals surface area (Å²) in [4.78, 5) is 8.58. The molecule has 360 valence electrons. The minimum absolute atomic E-state index is 0.000591. The Kier molecular flexibility index (Phi) is 9.48. The van der Waals surface area contributed by atoms with Crippen molar-refractivity contribution in [1.82, 2.24) is 0 Å². The van der Waals surface area contributed by atoms with Gasteiger partial charge in [-0.1, -0.05) is 177 Å². The molecule has 4 heterocycles. The summed E-state index contributed by atoms with van der Waals surface area (Å²) in [6.45, 7) is 27.0. The van der Waals surface area contributed by atoms with Crippen LogP contribution in [0, 0.1) is 13.8 Å². The minimum Gasteiger partial charge on any atom is -0.334 e. The van der Waals surface area contributed by atoms with Crippen molar-refractivity contribution < 1.29 is 0 Å². The Morgan fingerprint density at radius 2 is 1.10 bits per heavy atom. The number of aryl methyl sites for hydroxylation is 2. The number of rotatable bonds is 4. The highest BCUT2D eigenvalue weighted by Gasteiger charge is 2.64. The summed E-state index contributed by atoms with van der Waals surface area (Å²) in [5.74, 6) is 0.0640. The number of para-hydroxylation sites is 1. The van der Waals surface area contributed by atoms with Gasteiger partial charge in [-0.25, -0.2) is 0 Å². The van der Waals surface area contributed by atoms with Crippen LogP contribution in [0.3, 0.4) is 0 Å². The van der Waals surface area contributed by atoms with Gasteiger partial charge >= 0.3 is 0 Å². The van der Waals surface area contributed by atoms with E-state index in [1.807, 2.05) is 0 Å². The molecule has 0 radical (unpaired) electrons. The lowest BCUT2D eigenvalue weighted by Crippen LogP contribution is -2.57. The van der Waals surface area contributed by atoms with E-state index in [-0.39, 0.29) is 38.7 Å². The number of nitrogens with zero attached hydrogens (tertiary/aromatic N) is 3. The van der Waals surface area contributed by atoms with Crippen LogP contribution in [0.2, 0.25) is 0 Å². The van der Waals surface area contributed by atoms with E-state index in [2.05, 4.69) is 230 Å². The van der Waals surface area contributed by atoms with Gasteiger partial charge in [-0.3, -0.25) is 0 Å². The molecular formula is C68H73N3. The highest BCUT2D eigenvalue weighted by molar-refractivity contribution is 6.02. The topological polar surface area (TPSA) is 9.72 Å². The zero-order valence-corrected chi connectivity index (χ0v) is 44.4. The van der Waals surface area contributed by atoms with Crippen LogP contribution in [0.25, 0.3) is 11.1 Å². The molecule has 2 saturated carbocycles. The van der Waals surface area contributed by atoms with Gasteiger partial charge in [-0.05, 0) is 156 Å². The van der Waals surface area contributed by atoms with Crippen LogP contribution in [0.4, 0.5) is 39.8 Å². The zero-order valence-electron chi connectivity index (χ0n) is 44.4. The van der Waals surface area contributed by atoms with Gasteiger partial charge in [-0.15, -0.1) is 0 Å². The highest BCUT2D eigenvalue weighted by Crippen LogP contribution is 2.72. The van der Waals surface area contributed by atoms with Gasteiger partial charge in [0.1, 0.15) is 0 Å². The number of fused-ring (bicyclic) bond motifs is 10. The molecule has 3 heteroatoms. The van der Waals surface area contributed by atoms with Crippen molar-refractivity contribution in [2.45, 2.75) is 166 Å². The second-order valence-corrected chi connectivity index (χ2v) is 25.4. The molecular weight excluding hydrogens is 859 g/mol. The molecule has 13 rings (SSSR count). The van der Waals surface area contributed by atoms with Crippen molar-refractivity contribution >= 4 is 39.8 Å². The molecule has 7 aromatic rings. The maximum atomic E-state index is 2.98. The second kappa shape index (κ2) is 15.0. The standard InChI is InChI=1S/C68H73N3/c1-43-38-44(2)61-62-58(43)59-51-40-48(64(6,7)8)31-33-54(51)69(53-32-30-47(63(3,4)5)39-50(53)45-24-14-12-15-25-45)56-41-49(42-57(60(56)59)71(62)66(10)35-21-20-34-65(61,66)9)70-55-29-19-18-28-52(55)68(46-26-16-13-17-27-46)37-23-22-36-67(68,70)11/h12-19,24-33,38-42,59H,20-23,34-37H2,1-11H3. The normalized spacial score (nSPS) is 25.8. The molecule has 2 fully saturated rings. The number of anilines is 7. The van der Waals surface area contributed by atoms with E-state index in [0.29, 0.717) is 0 Å². The molecule has 71 heavy (non-hydrogen) atoms. The highest BCUT2D eigenvalue weighted by atomic mass is 15.3. The van der Waals surface area contributed by atoms with Crippen LogP contribution < -0.4 is 14.7 Å². The fourth-order valence-corrected chi connectivity index (χ4v) is 16.0. The quantitative estimate of drug-likeness (QED) is 0.174. The minimum atomic E-state index is -0.210. The average Bonchev–Trinajstić information content (AvgIpc) is 3.73. The van der Waals surface area contributed by atoms with Crippen molar-refractivity contribution in [1.29, 1.82) is 0 Å². The second-order valence-electron chi connectivity index (χ2n) is 25.4. The zero-order chi connectivity index (χ0) is 49.2. The molecule has 0 aromatic heterocycles. The van der Waals surface area contributed by atoms with Gasteiger partial charge in [-0.2, -0.15) is 0 Å². The summed E-state index contributed by atoms with van der Waals surface area (Å²) in [5.41, 5.74) is 26.0. The molecule has 0 bridgehead atoms. The largest absolute Gasteiger partial charge is 0.334 e. The summed E-state index contributed by atoms with van der Waals surface area (Å²) in [5, 5.41) is 0. The van der Waals surface area contributed by atoms with E-state index < -0.39 is 0 Å². The Balaban J connectivity index is 1.19. The predicted octanol–water partition coefficient (Wildman–Crippen LogP) is 18.4. The molecule has 4 aliphatic heterocycles. The molecule has 5 unspecified atom stereocenters. The fraction of sp³-hybridized carbons (Fsp3) is 0.382. The first-order valence-electron chi connectivity index (χ1n) is 27.1. The Morgan fingerprint density at radius 3 is 1.82 bits per heavy atom. The lowest BCUT2D eigenvalue weighted by Gasteiger charge is -2.54. The summed E-state index contributed by atoms with van der Waals surface area (Å²) in [7, 11) is 0. The first kappa shape index (κ1) is 44.8. The third kappa shape index (κ3) is 5.84. The maximum Gasteiger partial charge on any atom is 0.0561 e. The van der Waals surface area contributed by atoms with Gasteiger partial charge < -0.3 is 14.7 Å². The first-order chi connectivity index (χ1) is 33.9. The monoisotopic (exact) mass is 932 g/mol. The molecule has 3 nitrogen and oxygen atoms in total. The molecule has 2 aliphatic carbocycles. The lowest BCUT2D eigenvalue weighted by molar-refractivity contribution is 0.194. The van der Waals surface area contributed by atoms with Crippen molar-refractivity contribution in [3.8, 4) is 11.1 Å². The molecule has 5 atom stereocenters. The smallest absolute Gasteiger partial charge is 0.0561 e. The third-order valence-corrected chi connectivity index (χ3v) is 19.6. The number of hydrogen-bond acceptors (Lipinski definition) is 3. The van der Waals surface area contributed by atoms with E-state index >= 15 is 0 Å².